The standard InChI is InChI=1S/C31H33N3O5S/c1-33(2)40(36,37)27-18-12-23(13-19-27)31(35)34-30(22-10-16-26(39-4)17-11-22)28-7-5-6-24(29(28)32-34)20-21-8-14-25(38-3)15-9-21/h8-20,28,30H,5-7H2,1-4H3/b24-20-. The summed E-state index contributed by atoms with van der Waals surface area (Å²) < 4.78 is 36.9. The minimum atomic E-state index is -3.60. The van der Waals surface area contributed by atoms with Gasteiger partial charge < -0.3 is 9.47 Å². The van der Waals surface area contributed by atoms with E-state index >= 15 is 0 Å². The number of carbonyl (C=O) groups is 1. The van der Waals surface area contributed by atoms with Gasteiger partial charge in [-0.1, -0.05) is 24.3 Å². The van der Waals surface area contributed by atoms with Gasteiger partial charge in [0.05, 0.1) is 30.9 Å². The fourth-order valence-electron chi connectivity index (χ4n) is 5.32. The Hall–Kier alpha value is -3.95. The second kappa shape index (κ2) is 11.3. The Kier molecular flexibility index (Phi) is 7.78. The average Bonchev–Trinajstić information content (AvgIpc) is 3.38. The highest BCUT2D eigenvalue weighted by Crippen LogP contribution is 2.45. The Morgan fingerprint density at radius 1 is 0.925 bits per heavy atom. The molecule has 1 heterocycles. The number of methoxy groups -OCH3 is 2. The number of fused-ring (bicyclic) bond motifs is 1. The fourth-order valence-corrected chi connectivity index (χ4v) is 6.22. The Bertz CT molecular complexity index is 1540. The molecule has 40 heavy (non-hydrogen) atoms. The number of ether oxygens (including phenoxy) is 2. The van der Waals surface area contributed by atoms with Crippen molar-refractivity contribution in [2.24, 2.45) is 11.0 Å². The molecule has 2 unspecified atom stereocenters. The molecule has 2 aliphatic rings. The van der Waals surface area contributed by atoms with E-state index in [9.17, 15) is 13.2 Å². The normalized spacial score (nSPS) is 19.9. The molecule has 0 radical (unpaired) electrons. The number of amides is 1. The van der Waals surface area contributed by atoms with Crippen LogP contribution in [0.5, 0.6) is 11.5 Å². The molecule has 1 aliphatic carbocycles. The number of hydrogen-bond donors (Lipinski definition) is 0. The zero-order valence-electron chi connectivity index (χ0n) is 23.1. The van der Waals surface area contributed by atoms with E-state index in [0.29, 0.717) is 5.56 Å². The van der Waals surface area contributed by atoms with Crippen LogP contribution in [-0.4, -0.2) is 57.7 Å². The summed E-state index contributed by atoms with van der Waals surface area (Å²) >= 11 is 0. The van der Waals surface area contributed by atoms with Crippen LogP contribution in [0.1, 0.15) is 46.8 Å². The number of allylic oxidation sites excluding steroid dienone is 1. The predicted molar refractivity (Wildman–Crippen MR) is 155 cm³/mol. The molecule has 0 aromatic heterocycles. The molecule has 208 valence electrons. The maximum atomic E-state index is 13.9. The zero-order chi connectivity index (χ0) is 28.4. The van der Waals surface area contributed by atoms with Crippen molar-refractivity contribution in [3.05, 3.63) is 95.1 Å². The molecule has 3 aromatic rings. The number of carbonyl (C=O) groups excluding carboxylic acids is 1. The van der Waals surface area contributed by atoms with Crippen LogP contribution in [0.15, 0.2) is 88.4 Å². The van der Waals surface area contributed by atoms with Crippen LogP contribution in [0.2, 0.25) is 0 Å². The van der Waals surface area contributed by atoms with E-state index in [4.69, 9.17) is 14.6 Å². The highest BCUT2D eigenvalue weighted by Gasteiger charge is 2.44. The third-order valence-electron chi connectivity index (χ3n) is 7.50. The Morgan fingerprint density at radius 2 is 1.52 bits per heavy atom. The third-order valence-corrected chi connectivity index (χ3v) is 9.33. The zero-order valence-corrected chi connectivity index (χ0v) is 23.9. The molecule has 5 rings (SSSR count). The molecule has 3 aromatic carbocycles. The van der Waals surface area contributed by atoms with Gasteiger partial charge in [0.25, 0.3) is 5.91 Å². The predicted octanol–water partition coefficient (Wildman–Crippen LogP) is 5.39. The van der Waals surface area contributed by atoms with E-state index in [2.05, 4.69) is 6.08 Å². The van der Waals surface area contributed by atoms with Crippen LogP contribution in [0, 0.1) is 5.92 Å². The molecule has 0 N–H and O–H groups in total. The second-order valence-corrected chi connectivity index (χ2v) is 12.3. The lowest BCUT2D eigenvalue weighted by atomic mass is 9.77. The van der Waals surface area contributed by atoms with Crippen molar-refractivity contribution >= 4 is 27.7 Å². The highest BCUT2D eigenvalue weighted by atomic mass is 32.2. The number of rotatable bonds is 7. The van der Waals surface area contributed by atoms with Crippen molar-refractivity contribution < 1.29 is 22.7 Å². The minimum absolute atomic E-state index is 0.0315. The molecule has 8 nitrogen and oxygen atoms in total. The van der Waals surface area contributed by atoms with Gasteiger partial charge >= 0.3 is 0 Å². The first-order chi connectivity index (χ1) is 19.2. The minimum Gasteiger partial charge on any atom is -0.497 e. The lowest BCUT2D eigenvalue weighted by molar-refractivity contribution is 0.0680. The van der Waals surface area contributed by atoms with Crippen molar-refractivity contribution in [2.45, 2.75) is 30.2 Å². The van der Waals surface area contributed by atoms with Crippen LogP contribution in [0.4, 0.5) is 0 Å². The molecular formula is C31H33N3O5S. The maximum absolute atomic E-state index is 13.9. The molecular weight excluding hydrogens is 526 g/mol. The lowest BCUT2D eigenvalue weighted by Crippen LogP contribution is -2.32. The first kappa shape index (κ1) is 27.6. The molecule has 1 amide bonds. The number of sulfonamides is 1. The van der Waals surface area contributed by atoms with Gasteiger partial charge in [-0.3, -0.25) is 4.79 Å². The molecule has 1 aliphatic heterocycles. The van der Waals surface area contributed by atoms with Crippen LogP contribution in [0.25, 0.3) is 6.08 Å². The van der Waals surface area contributed by atoms with E-state index in [1.807, 2.05) is 48.5 Å². The lowest BCUT2D eigenvalue weighted by Gasteiger charge is -2.29. The van der Waals surface area contributed by atoms with Crippen molar-refractivity contribution in [3.63, 3.8) is 0 Å². The average molecular weight is 560 g/mol. The van der Waals surface area contributed by atoms with E-state index in [1.54, 1.807) is 31.4 Å². The summed E-state index contributed by atoms with van der Waals surface area (Å²) in [5.74, 6) is 1.29. The second-order valence-electron chi connectivity index (χ2n) is 10.1. The Balaban J connectivity index is 1.53. The molecule has 2 atom stereocenters. The topological polar surface area (TPSA) is 88.5 Å². The summed E-state index contributed by atoms with van der Waals surface area (Å²) in [6, 6.07) is 21.4. The SMILES string of the molecule is COc1ccc(/C=C2/CCCC3C2=NN(C(=O)c2ccc(S(=O)(=O)N(C)C)cc2)C3c2ccc(OC)cc2)cc1. The summed E-state index contributed by atoms with van der Waals surface area (Å²) in [6.45, 7) is 0. The monoisotopic (exact) mass is 559 g/mol. The van der Waals surface area contributed by atoms with E-state index < -0.39 is 10.0 Å². The molecule has 9 heteroatoms. The molecule has 0 spiro atoms. The highest BCUT2D eigenvalue weighted by molar-refractivity contribution is 7.89. The van der Waals surface area contributed by atoms with Gasteiger partial charge in [0.15, 0.2) is 0 Å². The van der Waals surface area contributed by atoms with Gasteiger partial charge in [-0.05, 0) is 90.6 Å². The Morgan fingerprint density at radius 3 is 2.10 bits per heavy atom. The number of hydrazone groups is 1. The molecule has 0 bridgehead atoms. The Labute approximate surface area is 235 Å². The van der Waals surface area contributed by atoms with Crippen LogP contribution in [0.3, 0.4) is 0 Å². The van der Waals surface area contributed by atoms with Gasteiger partial charge in [0, 0.05) is 25.6 Å². The van der Waals surface area contributed by atoms with Gasteiger partial charge in [0.2, 0.25) is 10.0 Å². The summed E-state index contributed by atoms with van der Waals surface area (Å²) in [4.78, 5) is 14.1. The quantitative estimate of drug-likeness (QED) is 0.387. The van der Waals surface area contributed by atoms with E-state index in [0.717, 1.165) is 57.5 Å². The number of benzene rings is 3. The van der Waals surface area contributed by atoms with Crippen molar-refractivity contribution in [3.8, 4) is 11.5 Å². The summed E-state index contributed by atoms with van der Waals surface area (Å²) in [5, 5.41) is 6.52. The maximum Gasteiger partial charge on any atom is 0.274 e. The van der Waals surface area contributed by atoms with E-state index in [1.165, 1.54) is 26.2 Å². The summed E-state index contributed by atoms with van der Waals surface area (Å²) in [5.41, 5.74) is 4.42. The number of hydrogen-bond acceptors (Lipinski definition) is 6. The van der Waals surface area contributed by atoms with Gasteiger partial charge in [-0.15, -0.1) is 0 Å². The summed E-state index contributed by atoms with van der Waals surface area (Å²) in [6.07, 6.45) is 4.90. The number of nitrogens with zero attached hydrogens (tertiary/aromatic N) is 3. The first-order valence-electron chi connectivity index (χ1n) is 13.2. The molecule has 0 saturated heterocycles. The van der Waals surface area contributed by atoms with Crippen molar-refractivity contribution in [2.75, 3.05) is 28.3 Å². The van der Waals surface area contributed by atoms with Crippen LogP contribution in [-0.2, 0) is 10.0 Å². The smallest absolute Gasteiger partial charge is 0.274 e. The van der Waals surface area contributed by atoms with Crippen molar-refractivity contribution in [1.82, 2.24) is 9.31 Å². The van der Waals surface area contributed by atoms with Crippen LogP contribution < -0.4 is 9.47 Å². The molecule has 1 fully saturated rings. The van der Waals surface area contributed by atoms with Crippen LogP contribution >= 0.6 is 0 Å². The van der Waals surface area contributed by atoms with Crippen molar-refractivity contribution in [1.29, 1.82) is 0 Å². The van der Waals surface area contributed by atoms with Gasteiger partial charge in [-0.25, -0.2) is 17.7 Å². The largest absolute Gasteiger partial charge is 0.497 e. The van der Waals surface area contributed by atoms with Gasteiger partial charge in [-0.2, -0.15) is 5.10 Å². The molecule has 1 saturated carbocycles. The third kappa shape index (κ3) is 5.26. The first-order valence-corrected chi connectivity index (χ1v) is 14.6. The summed E-state index contributed by atoms with van der Waals surface area (Å²) in [7, 11) is 2.62. The fraction of sp³-hybridized carbons (Fsp3) is 0.290. The van der Waals surface area contributed by atoms with Gasteiger partial charge in [0.1, 0.15) is 11.5 Å². The van der Waals surface area contributed by atoms with E-state index in [-0.39, 0.29) is 22.8 Å².